The van der Waals surface area contributed by atoms with Gasteiger partial charge in [-0.1, -0.05) is 5.92 Å². The summed E-state index contributed by atoms with van der Waals surface area (Å²) in [6, 6.07) is 3.29. The molecule has 0 atom stereocenters. The number of carboxylic acids is 1. The Morgan fingerprint density at radius 3 is 2.69 bits per heavy atom. The van der Waals surface area contributed by atoms with E-state index in [-0.39, 0.29) is 12.1 Å². The van der Waals surface area contributed by atoms with Crippen molar-refractivity contribution in [1.82, 2.24) is 0 Å². The molecule has 0 aliphatic heterocycles. The van der Waals surface area contributed by atoms with Gasteiger partial charge in [0.25, 0.3) is 0 Å². The lowest BCUT2D eigenvalue weighted by atomic mass is 10.2. The normalized spacial score (nSPS) is 9.25. The van der Waals surface area contributed by atoms with E-state index in [2.05, 4.69) is 11.2 Å². The molecule has 1 aromatic carbocycles. The molecule has 1 amide bonds. The van der Waals surface area contributed by atoms with E-state index in [1.54, 1.807) is 0 Å². The highest BCUT2D eigenvalue weighted by Crippen LogP contribution is 2.14. The Kier molecular flexibility index (Phi) is 3.62. The first-order valence-corrected chi connectivity index (χ1v) is 4.30. The van der Waals surface area contributed by atoms with Crippen LogP contribution in [0, 0.1) is 18.2 Å². The Morgan fingerprint density at radius 1 is 1.50 bits per heavy atom. The molecule has 0 saturated carbocycles. The number of aromatic carboxylic acids is 1. The summed E-state index contributed by atoms with van der Waals surface area (Å²) in [5.41, 5.74) is -0.280. The maximum atomic E-state index is 13.2. The van der Waals surface area contributed by atoms with E-state index in [1.807, 2.05) is 0 Å². The fourth-order valence-corrected chi connectivity index (χ4v) is 1.06. The molecule has 16 heavy (non-hydrogen) atoms. The fourth-order valence-electron chi connectivity index (χ4n) is 1.06. The van der Waals surface area contributed by atoms with Gasteiger partial charge in [0.15, 0.2) is 0 Å². The monoisotopic (exact) mass is 221 g/mol. The maximum absolute atomic E-state index is 13.2. The predicted octanol–water partition coefficient (Wildman–Crippen LogP) is 1.49. The molecule has 0 fully saturated rings. The van der Waals surface area contributed by atoms with Crippen molar-refractivity contribution in [2.75, 3.05) is 5.32 Å². The molecular weight excluding hydrogens is 213 g/mol. The smallest absolute Gasteiger partial charge is 0.338 e. The van der Waals surface area contributed by atoms with Gasteiger partial charge in [-0.05, 0) is 18.2 Å². The van der Waals surface area contributed by atoms with Crippen LogP contribution < -0.4 is 5.32 Å². The van der Waals surface area contributed by atoms with Gasteiger partial charge in [-0.2, -0.15) is 0 Å². The van der Waals surface area contributed by atoms with Crippen LogP contribution in [-0.4, -0.2) is 17.0 Å². The van der Waals surface area contributed by atoms with Gasteiger partial charge in [0, 0.05) is 5.69 Å². The molecule has 0 spiro atoms. The van der Waals surface area contributed by atoms with Crippen LogP contribution in [0.1, 0.15) is 16.8 Å². The molecule has 1 rings (SSSR count). The van der Waals surface area contributed by atoms with Gasteiger partial charge in [-0.25, -0.2) is 9.18 Å². The molecule has 0 aliphatic rings. The molecular formula is C11H8FNO3. The molecule has 2 N–H and O–H groups in total. The largest absolute Gasteiger partial charge is 0.478 e. The Morgan fingerprint density at radius 2 is 2.19 bits per heavy atom. The van der Waals surface area contributed by atoms with E-state index in [9.17, 15) is 14.0 Å². The van der Waals surface area contributed by atoms with Crippen LogP contribution in [0.3, 0.4) is 0 Å². The van der Waals surface area contributed by atoms with Crippen LogP contribution in [0.15, 0.2) is 18.2 Å². The molecule has 0 radical (unpaired) electrons. The molecule has 1 aromatic rings. The van der Waals surface area contributed by atoms with Crippen LogP contribution in [0.25, 0.3) is 0 Å². The fraction of sp³-hybridized carbons (Fsp3) is 0.0909. The summed E-state index contributed by atoms with van der Waals surface area (Å²) >= 11 is 0. The van der Waals surface area contributed by atoms with Crippen LogP contribution in [0.4, 0.5) is 10.1 Å². The summed E-state index contributed by atoms with van der Waals surface area (Å²) in [5.74, 6) is -0.595. The second-order valence-electron chi connectivity index (χ2n) is 2.93. The standard InChI is InChI=1S/C11H8FNO3/c1-2-3-10(14)13-7-4-5-8(11(15)16)9(12)6-7/h1,4-6H,3H2,(H,13,14)(H,15,16). The number of terminal acetylenes is 1. The average Bonchev–Trinajstić information content (AvgIpc) is 2.17. The van der Waals surface area contributed by atoms with Gasteiger partial charge in [0.2, 0.25) is 5.91 Å². The van der Waals surface area contributed by atoms with Crippen molar-refractivity contribution in [1.29, 1.82) is 0 Å². The quantitative estimate of drug-likeness (QED) is 0.760. The maximum Gasteiger partial charge on any atom is 0.338 e. The Labute approximate surface area is 91.1 Å². The van der Waals surface area contributed by atoms with Crippen molar-refractivity contribution in [2.45, 2.75) is 6.42 Å². The number of halogens is 1. The minimum Gasteiger partial charge on any atom is -0.478 e. The van der Waals surface area contributed by atoms with Crippen LogP contribution in [0.5, 0.6) is 0 Å². The van der Waals surface area contributed by atoms with Gasteiger partial charge in [0.05, 0.1) is 12.0 Å². The number of hydrogen-bond donors (Lipinski definition) is 2. The van der Waals surface area contributed by atoms with E-state index < -0.39 is 23.3 Å². The first-order chi connectivity index (χ1) is 7.54. The van der Waals surface area contributed by atoms with Crippen LogP contribution in [-0.2, 0) is 4.79 Å². The second-order valence-corrected chi connectivity index (χ2v) is 2.93. The number of carbonyl (C=O) groups is 2. The Hall–Kier alpha value is -2.35. The molecule has 0 aromatic heterocycles. The second kappa shape index (κ2) is 4.94. The Bertz CT molecular complexity index is 477. The number of benzene rings is 1. The van der Waals surface area contributed by atoms with Crippen molar-refractivity contribution in [3.05, 3.63) is 29.6 Å². The Balaban J connectivity index is 2.86. The van der Waals surface area contributed by atoms with Gasteiger partial charge in [-0.3, -0.25) is 4.79 Å². The highest BCUT2D eigenvalue weighted by Gasteiger charge is 2.11. The van der Waals surface area contributed by atoms with Crippen molar-refractivity contribution in [2.24, 2.45) is 0 Å². The molecule has 5 heteroatoms. The molecule has 0 unspecified atom stereocenters. The average molecular weight is 221 g/mol. The van der Waals surface area contributed by atoms with Gasteiger partial charge < -0.3 is 10.4 Å². The molecule has 82 valence electrons. The molecule has 0 heterocycles. The van der Waals surface area contributed by atoms with Crippen molar-refractivity contribution in [3.8, 4) is 12.3 Å². The number of nitrogens with one attached hydrogen (secondary N) is 1. The first-order valence-electron chi connectivity index (χ1n) is 4.30. The van der Waals surface area contributed by atoms with Gasteiger partial charge >= 0.3 is 5.97 Å². The van der Waals surface area contributed by atoms with E-state index >= 15 is 0 Å². The summed E-state index contributed by atoms with van der Waals surface area (Å²) in [7, 11) is 0. The minimum absolute atomic E-state index is 0.123. The zero-order chi connectivity index (χ0) is 12.1. The lowest BCUT2D eigenvalue weighted by Gasteiger charge is -2.04. The molecule has 0 saturated heterocycles. The van der Waals surface area contributed by atoms with Crippen LogP contribution >= 0.6 is 0 Å². The van der Waals surface area contributed by atoms with E-state index in [0.29, 0.717) is 0 Å². The predicted molar refractivity (Wildman–Crippen MR) is 55.4 cm³/mol. The summed E-state index contributed by atoms with van der Waals surface area (Å²) < 4.78 is 13.2. The van der Waals surface area contributed by atoms with E-state index in [1.165, 1.54) is 6.07 Å². The van der Waals surface area contributed by atoms with E-state index in [0.717, 1.165) is 12.1 Å². The third kappa shape index (κ3) is 2.82. The van der Waals surface area contributed by atoms with Crippen molar-refractivity contribution < 1.29 is 19.1 Å². The number of carbonyl (C=O) groups excluding carboxylic acids is 1. The van der Waals surface area contributed by atoms with Crippen molar-refractivity contribution >= 4 is 17.6 Å². The van der Waals surface area contributed by atoms with Crippen LogP contribution in [0.2, 0.25) is 0 Å². The van der Waals surface area contributed by atoms with Gasteiger partial charge in [0.1, 0.15) is 5.82 Å². The van der Waals surface area contributed by atoms with E-state index in [4.69, 9.17) is 11.5 Å². The summed E-state index contributed by atoms with van der Waals surface area (Å²) in [5, 5.41) is 10.9. The summed E-state index contributed by atoms with van der Waals surface area (Å²) in [4.78, 5) is 21.6. The highest BCUT2D eigenvalue weighted by molar-refractivity contribution is 5.93. The lowest BCUT2D eigenvalue weighted by molar-refractivity contribution is -0.115. The molecule has 0 aliphatic carbocycles. The zero-order valence-corrected chi connectivity index (χ0v) is 8.16. The van der Waals surface area contributed by atoms with Gasteiger partial charge in [-0.15, -0.1) is 6.42 Å². The summed E-state index contributed by atoms with van der Waals surface area (Å²) in [6.07, 6.45) is 4.79. The number of anilines is 1. The topological polar surface area (TPSA) is 66.4 Å². The third-order valence-electron chi connectivity index (χ3n) is 1.75. The number of carboxylic acid groups (broad SMARTS) is 1. The lowest BCUT2D eigenvalue weighted by Crippen LogP contribution is -2.11. The number of amides is 1. The highest BCUT2D eigenvalue weighted by atomic mass is 19.1. The number of rotatable bonds is 3. The number of hydrogen-bond acceptors (Lipinski definition) is 2. The SMILES string of the molecule is C#CCC(=O)Nc1ccc(C(=O)O)c(F)c1. The zero-order valence-electron chi connectivity index (χ0n) is 8.16. The molecule has 0 bridgehead atoms. The minimum atomic E-state index is -1.36. The first kappa shape index (κ1) is 11.7. The van der Waals surface area contributed by atoms with Crippen molar-refractivity contribution in [3.63, 3.8) is 0 Å². The molecule has 4 nitrogen and oxygen atoms in total. The summed E-state index contributed by atoms with van der Waals surface area (Å²) in [6.45, 7) is 0. The third-order valence-corrected chi connectivity index (χ3v) is 1.75.